The van der Waals surface area contributed by atoms with Crippen LogP contribution in [0.5, 0.6) is 0 Å². The molecule has 2 heterocycles. The van der Waals surface area contributed by atoms with Crippen LogP contribution in [-0.2, 0) is 7.05 Å². The second kappa shape index (κ2) is 3.26. The molecule has 0 radical (unpaired) electrons. The first-order valence-corrected chi connectivity index (χ1v) is 4.00. The van der Waals surface area contributed by atoms with Crippen molar-refractivity contribution in [1.29, 1.82) is 0 Å². The van der Waals surface area contributed by atoms with Crippen LogP contribution in [-0.4, -0.2) is 14.8 Å². The normalized spacial score (nSPS) is 9.92. The van der Waals surface area contributed by atoms with E-state index in [0.29, 0.717) is 0 Å². The van der Waals surface area contributed by atoms with E-state index < -0.39 is 0 Å². The van der Waals surface area contributed by atoms with Crippen molar-refractivity contribution in [3.05, 3.63) is 36.9 Å². The summed E-state index contributed by atoms with van der Waals surface area (Å²) < 4.78 is 1.75. The van der Waals surface area contributed by atoms with Gasteiger partial charge in [-0.15, -0.1) is 0 Å². The minimum atomic E-state index is 0.980. The van der Waals surface area contributed by atoms with Crippen molar-refractivity contribution in [2.75, 3.05) is 5.32 Å². The molecule has 0 aliphatic heterocycles. The molecule has 2 aromatic rings. The molecule has 4 heteroatoms. The van der Waals surface area contributed by atoms with Crippen molar-refractivity contribution < 1.29 is 0 Å². The van der Waals surface area contributed by atoms with Crippen LogP contribution < -0.4 is 5.32 Å². The van der Waals surface area contributed by atoms with E-state index in [1.165, 1.54) is 0 Å². The maximum atomic E-state index is 4.05. The molecule has 0 saturated heterocycles. The maximum absolute atomic E-state index is 4.05. The highest BCUT2D eigenvalue weighted by Crippen LogP contribution is 2.13. The third-order valence-corrected chi connectivity index (χ3v) is 1.67. The lowest BCUT2D eigenvalue weighted by atomic mass is 10.4. The average molecular weight is 174 g/mol. The second-order valence-electron chi connectivity index (χ2n) is 2.76. The van der Waals surface area contributed by atoms with Crippen molar-refractivity contribution in [2.24, 2.45) is 7.05 Å². The highest BCUT2D eigenvalue weighted by molar-refractivity contribution is 5.56. The van der Waals surface area contributed by atoms with Gasteiger partial charge in [-0.25, -0.2) is 0 Å². The third kappa shape index (κ3) is 1.84. The van der Waals surface area contributed by atoms with Crippen LogP contribution in [0.3, 0.4) is 0 Å². The molecule has 0 aliphatic carbocycles. The number of aromatic nitrogens is 3. The Balaban J connectivity index is 2.15. The zero-order valence-electron chi connectivity index (χ0n) is 7.31. The molecule has 13 heavy (non-hydrogen) atoms. The molecule has 2 aromatic heterocycles. The van der Waals surface area contributed by atoms with Crippen molar-refractivity contribution in [1.82, 2.24) is 14.8 Å². The van der Waals surface area contributed by atoms with E-state index >= 15 is 0 Å². The highest BCUT2D eigenvalue weighted by atomic mass is 15.3. The van der Waals surface area contributed by atoms with Crippen LogP contribution in [0.1, 0.15) is 0 Å². The first-order valence-electron chi connectivity index (χ1n) is 4.00. The number of nitrogens with one attached hydrogen (secondary N) is 1. The summed E-state index contributed by atoms with van der Waals surface area (Å²) in [5, 5.41) is 7.25. The van der Waals surface area contributed by atoms with E-state index in [1.54, 1.807) is 23.3 Å². The van der Waals surface area contributed by atoms with Gasteiger partial charge >= 0.3 is 0 Å². The third-order valence-electron chi connectivity index (χ3n) is 1.67. The van der Waals surface area contributed by atoms with Gasteiger partial charge in [0.2, 0.25) is 0 Å². The molecule has 0 unspecified atom stereocenters. The number of rotatable bonds is 2. The van der Waals surface area contributed by atoms with Crippen LogP contribution in [0.4, 0.5) is 11.4 Å². The Morgan fingerprint density at radius 1 is 1.23 bits per heavy atom. The Labute approximate surface area is 76.2 Å². The summed E-state index contributed by atoms with van der Waals surface area (Å²) in [7, 11) is 1.89. The highest BCUT2D eigenvalue weighted by Gasteiger charge is 1.94. The fourth-order valence-corrected chi connectivity index (χ4v) is 1.09. The fourth-order valence-electron chi connectivity index (χ4n) is 1.09. The molecule has 0 amide bonds. The monoisotopic (exact) mass is 174 g/mol. The van der Waals surface area contributed by atoms with Crippen LogP contribution >= 0.6 is 0 Å². The topological polar surface area (TPSA) is 42.7 Å². The van der Waals surface area contributed by atoms with E-state index in [9.17, 15) is 0 Å². The SMILES string of the molecule is Cn1cc(Nc2ccncc2)cn1. The van der Waals surface area contributed by atoms with Gasteiger partial charge in [-0.2, -0.15) is 5.10 Å². The summed E-state index contributed by atoms with van der Waals surface area (Å²) in [6, 6.07) is 3.82. The Kier molecular flexibility index (Phi) is 1.96. The van der Waals surface area contributed by atoms with Crippen molar-refractivity contribution in [2.45, 2.75) is 0 Å². The molecule has 1 N–H and O–H groups in total. The van der Waals surface area contributed by atoms with E-state index in [0.717, 1.165) is 11.4 Å². The molecule has 2 rings (SSSR count). The summed E-state index contributed by atoms with van der Waals surface area (Å²) in [6.07, 6.45) is 7.19. The Morgan fingerprint density at radius 3 is 2.62 bits per heavy atom. The van der Waals surface area contributed by atoms with Gasteiger partial charge < -0.3 is 5.32 Å². The van der Waals surface area contributed by atoms with Crippen LogP contribution in [0.25, 0.3) is 0 Å². The molecule has 66 valence electrons. The van der Waals surface area contributed by atoms with Gasteiger partial charge in [0, 0.05) is 31.3 Å². The van der Waals surface area contributed by atoms with E-state index in [1.807, 2.05) is 25.4 Å². The van der Waals surface area contributed by atoms with Gasteiger partial charge in [-0.3, -0.25) is 9.67 Å². The fraction of sp³-hybridized carbons (Fsp3) is 0.111. The number of aryl methyl sites for hydroxylation is 1. The Hall–Kier alpha value is -1.84. The van der Waals surface area contributed by atoms with E-state index in [2.05, 4.69) is 15.4 Å². The molecule has 0 fully saturated rings. The molecular weight excluding hydrogens is 164 g/mol. The van der Waals surface area contributed by atoms with E-state index in [4.69, 9.17) is 0 Å². The zero-order valence-corrected chi connectivity index (χ0v) is 7.31. The molecule has 0 aromatic carbocycles. The first-order chi connectivity index (χ1) is 6.34. The predicted octanol–water partition coefficient (Wildman–Crippen LogP) is 1.56. The van der Waals surface area contributed by atoms with Crippen LogP contribution in [0, 0.1) is 0 Å². The summed E-state index contributed by atoms with van der Waals surface area (Å²) in [5.74, 6) is 0. The molecule has 0 aliphatic rings. The minimum Gasteiger partial charge on any atom is -0.353 e. The maximum Gasteiger partial charge on any atom is 0.0770 e. The smallest absolute Gasteiger partial charge is 0.0770 e. The lowest BCUT2D eigenvalue weighted by Gasteiger charge is -2.00. The standard InChI is InChI=1S/C9H10N4/c1-13-7-9(6-11-13)12-8-2-4-10-5-3-8/h2-7H,1H3,(H,10,12). The molecule has 0 atom stereocenters. The van der Waals surface area contributed by atoms with Crippen molar-refractivity contribution in [3.8, 4) is 0 Å². The van der Waals surface area contributed by atoms with Gasteiger partial charge in [0.05, 0.1) is 11.9 Å². The average Bonchev–Trinajstić information content (AvgIpc) is 2.53. The lowest BCUT2D eigenvalue weighted by Crippen LogP contribution is -1.88. The quantitative estimate of drug-likeness (QED) is 0.751. The lowest BCUT2D eigenvalue weighted by molar-refractivity contribution is 0.768. The number of nitrogens with zero attached hydrogens (tertiary/aromatic N) is 3. The number of hydrogen-bond acceptors (Lipinski definition) is 3. The number of hydrogen-bond donors (Lipinski definition) is 1. The summed E-state index contributed by atoms with van der Waals surface area (Å²) in [5.41, 5.74) is 2.00. The summed E-state index contributed by atoms with van der Waals surface area (Å²) >= 11 is 0. The second-order valence-corrected chi connectivity index (χ2v) is 2.76. The first kappa shape index (κ1) is 7.79. The largest absolute Gasteiger partial charge is 0.353 e. The van der Waals surface area contributed by atoms with Gasteiger partial charge in [-0.05, 0) is 12.1 Å². The van der Waals surface area contributed by atoms with Gasteiger partial charge in [-0.1, -0.05) is 0 Å². The molecular formula is C9H10N4. The van der Waals surface area contributed by atoms with Gasteiger partial charge in [0.1, 0.15) is 0 Å². The van der Waals surface area contributed by atoms with E-state index in [-0.39, 0.29) is 0 Å². The number of pyridine rings is 1. The minimum absolute atomic E-state index is 0.980. The number of anilines is 2. The van der Waals surface area contributed by atoms with Crippen molar-refractivity contribution >= 4 is 11.4 Å². The Bertz CT molecular complexity index is 380. The zero-order chi connectivity index (χ0) is 9.10. The summed E-state index contributed by atoms with van der Waals surface area (Å²) in [6.45, 7) is 0. The molecule has 0 saturated carbocycles. The van der Waals surface area contributed by atoms with Crippen molar-refractivity contribution in [3.63, 3.8) is 0 Å². The molecule has 4 nitrogen and oxygen atoms in total. The molecule has 0 bridgehead atoms. The van der Waals surface area contributed by atoms with Crippen LogP contribution in [0.2, 0.25) is 0 Å². The van der Waals surface area contributed by atoms with Crippen LogP contribution in [0.15, 0.2) is 36.9 Å². The summed E-state index contributed by atoms with van der Waals surface area (Å²) in [4.78, 5) is 3.93. The Morgan fingerprint density at radius 2 is 2.00 bits per heavy atom. The molecule has 0 spiro atoms. The predicted molar refractivity (Wildman–Crippen MR) is 50.7 cm³/mol. The van der Waals surface area contributed by atoms with Gasteiger partial charge in [0.25, 0.3) is 0 Å². The van der Waals surface area contributed by atoms with Gasteiger partial charge in [0.15, 0.2) is 0 Å².